The van der Waals surface area contributed by atoms with Crippen LogP contribution in [0.25, 0.3) is 0 Å². The molecule has 17 heteroatoms. The maximum Gasteiger partial charge on any atom is 3.00 e. The van der Waals surface area contributed by atoms with Gasteiger partial charge in [-0.2, -0.15) is 11.5 Å². The van der Waals surface area contributed by atoms with Crippen molar-refractivity contribution < 1.29 is 139 Å². The van der Waals surface area contributed by atoms with Crippen LogP contribution in [0.3, 0.4) is 0 Å². The first-order valence-electron chi connectivity index (χ1n) is 13.1. The fraction of sp³-hybridized carbons (Fsp3) is 0.452. The first kappa shape index (κ1) is 66.6. The average molecular weight is 841 g/mol. The van der Waals surface area contributed by atoms with E-state index in [1.807, 2.05) is 0 Å². The van der Waals surface area contributed by atoms with Gasteiger partial charge in [-0.25, -0.2) is 0 Å². The minimum atomic E-state index is 0. The zero-order valence-electron chi connectivity index (χ0n) is 28.2. The molecule has 11 nitrogen and oxygen atoms in total. The van der Waals surface area contributed by atoms with Gasteiger partial charge in [-0.3, -0.25) is 33.9 Å². The summed E-state index contributed by atoms with van der Waals surface area (Å²) in [6.45, 7) is 23.3. The molecule has 0 saturated carbocycles. The number of hydrogen-bond acceptors (Lipinski definition) is 13. The summed E-state index contributed by atoms with van der Waals surface area (Å²) in [6.07, 6.45) is 0. The molecule has 0 aliphatic carbocycles. The summed E-state index contributed by atoms with van der Waals surface area (Å²) < 4.78 is 32.0. The van der Waals surface area contributed by atoms with E-state index in [1.54, 1.807) is 0 Å². The van der Waals surface area contributed by atoms with Crippen LogP contribution < -0.4 is 62.0 Å². The van der Waals surface area contributed by atoms with Crippen molar-refractivity contribution in [2.75, 3.05) is 90.8 Å². The summed E-state index contributed by atoms with van der Waals surface area (Å²) in [7, 11) is 0.271. The average Bonchev–Trinajstić information content (AvgIpc) is 3.14. The molecule has 1 aliphatic rings. The van der Waals surface area contributed by atoms with Crippen molar-refractivity contribution in [1.82, 2.24) is 0 Å². The van der Waals surface area contributed by atoms with E-state index in [1.165, 1.54) is 10.6 Å². The second-order valence-electron chi connectivity index (χ2n) is 7.05. The molecule has 1 fully saturated rings. The Labute approximate surface area is 365 Å². The Morgan fingerprint density at radius 3 is 0.750 bits per heavy atom. The quantitative estimate of drug-likeness (QED) is 0.111. The fourth-order valence-electron chi connectivity index (χ4n) is 2.61. The number of benzene rings is 2. The van der Waals surface area contributed by atoms with E-state index in [-0.39, 0.29) is 95.5 Å². The molecule has 48 heavy (non-hydrogen) atoms. The minimum absolute atomic E-state index is 0. The molecule has 0 N–H and O–H groups in total. The van der Waals surface area contributed by atoms with Crippen LogP contribution in [0.4, 0.5) is 0 Å². The van der Waals surface area contributed by atoms with Crippen LogP contribution in [0, 0.1) is 0 Å². The smallest absolute Gasteiger partial charge is 1.00 e. The largest absolute Gasteiger partial charge is 3.00 e. The van der Waals surface area contributed by atoms with Crippen LogP contribution in [0.15, 0.2) is 60.7 Å². The van der Waals surface area contributed by atoms with Crippen molar-refractivity contribution in [3.05, 3.63) is 60.7 Å². The standard InChI is InChI=1S/C12H24O6.C12H11P.C2H6S2.5CHO.2Fe.K.H/c1-2-14-5-6-16-9-10-18-12-11-17-8-7-15-4-3-13-1;1-3-7-11(8-4-1)13-12-9-5-2-6-10-12;3-1-2-4;5*1-2;;;;/h1-12H2;1-10,13H;3-4H,1-2H2;5*1H;;;;/q;;;5*-1;2*+3;+1;-1/p-1. The zero-order valence-corrected chi connectivity index (χ0v) is 35.3. The molecule has 1 saturated heterocycles. The molecule has 0 amide bonds. The van der Waals surface area contributed by atoms with E-state index in [4.69, 9.17) is 52.4 Å². The van der Waals surface area contributed by atoms with Gasteiger partial charge in [0.15, 0.2) is 0 Å². The van der Waals surface area contributed by atoms with E-state index in [0.717, 1.165) is 11.5 Å². The summed E-state index contributed by atoms with van der Waals surface area (Å²) in [5, 5.41) is 2.90. The molecule has 0 bridgehead atoms. The molecule has 2 aromatic rings. The normalized spacial score (nSPS) is 12.7. The molecule has 1 heterocycles. The SMILES string of the molecule is C1COCCOCCOCCOCCOCCO1.[CH-]=O.[CH-]=O.[CH-]=O.[CH-]=O.[CH-]=O.[Fe+3].[Fe+3].[H-].[K+].[S-]CC[S-].c1ccc([PH2+]c2ccccc2)cc1. The minimum Gasteiger partial charge on any atom is -1.00 e. The number of ether oxygens (including phenoxy) is 6. The maximum atomic E-state index is 7.75. The number of carbonyl (C=O) groups excluding carboxylic acids is 5. The van der Waals surface area contributed by atoms with Gasteiger partial charge in [-0.1, -0.05) is 36.4 Å². The van der Waals surface area contributed by atoms with E-state index in [0.29, 0.717) is 79.3 Å². The molecule has 0 unspecified atom stereocenters. The van der Waals surface area contributed by atoms with Gasteiger partial charge in [0, 0.05) is 0 Å². The first-order chi connectivity index (χ1) is 22.4. The molecule has 0 aromatic heterocycles. The van der Waals surface area contributed by atoms with Crippen LogP contribution in [0.1, 0.15) is 1.43 Å². The Kier molecular flexibility index (Phi) is 101. The topological polar surface area (TPSA) is 141 Å². The second kappa shape index (κ2) is 72.9. The molecule has 3 rings (SSSR count). The Morgan fingerprint density at radius 1 is 0.438 bits per heavy atom. The van der Waals surface area contributed by atoms with Gasteiger partial charge >= 0.3 is 85.5 Å². The van der Waals surface area contributed by atoms with Crippen molar-refractivity contribution in [1.29, 1.82) is 0 Å². The van der Waals surface area contributed by atoms with Crippen LogP contribution in [-0.4, -0.2) is 125 Å². The summed E-state index contributed by atoms with van der Waals surface area (Å²) in [6, 6.07) is 21.3. The maximum absolute atomic E-state index is 7.75. The van der Waals surface area contributed by atoms with E-state index in [9.17, 15) is 0 Å². The number of hydrogen-bond donors (Lipinski definition) is 0. The molecule has 2 aromatic carbocycles. The molecule has 1 aliphatic heterocycles. The molecule has 0 spiro atoms. The Balaban J connectivity index is -0.0000000653. The van der Waals surface area contributed by atoms with Crippen molar-refractivity contribution in [2.24, 2.45) is 0 Å². The third kappa shape index (κ3) is 61.6. The first-order valence-corrected chi connectivity index (χ1v) is 15.4. The van der Waals surface area contributed by atoms with Gasteiger partial charge in [-0.05, 0) is 24.3 Å². The van der Waals surface area contributed by atoms with Crippen molar-refractivity contribution in [2.45, 2.75) is 0 Å². The summed E-state index contributed by atoms with van der Waals surface area (Å²) in [5.41, 5.74) is 0. The summed E-state index contributed by atoms with van der Waals surface area (Å²) in [5.74, 6) is 1.44. The van der Waals surface area contributed by atoms with Crippen molar-refractivity contribution in [3.8, 4) is 0 Å². The predicted molar refractivity (Wildman–Crippen MR) is 186 cm³/mol. The van der Waals surface area contributed by atoms with Crippen LogP contribution in [0.5, 0.6) is 0 Å². The third-order valence-electron chi connectivity index (χ3n) is 4.25. The molecular weight excluding hydrogens is 794 g/mol. The zero-order chi connectivity index (χ0) is 35.1. The molecule has 270 valence electrons. The van der Waals surface area contributed by atoms with Gasteiger partial charge in [0.2, 0.25) is 0 Å². The number of rotatable bonds is 3. The fourth-order valence-corrected chi connectivity index (χ4v) is 3.82. The van der Waals surface area contributed by atoms with Gasteiger partial charge < -0.3 is 79.1 Å². The van der Waals surface area contributed by atoms with Gasteiger partial charge in [-0.15, -0.1) is 0 Å². The monoisotopic (exact) mass is 840 g/mol. The summed E-state index contributed by atoms with van der Waals surface area (Å²) in [4.78, 5) is 38.8. The van der Waals surface area contributed by atoms with Gasteiger partial charge in [0.1, 0.15) is 0 Å². The van der Waals surface area contributed by atoms with E-state index >= 15 is 0 Å². The predicted octanol–water partition coefficient (Wildman–Crippen LogP) is -2.03. The van der Waals surface area contributed by atoms with Crippen LogP contribution in [0.2, 0.25) is 0 Å². The Hall–Kier alpha value is 0.355. The van der Waals surface area contributed by atoms with Crippen LogP contribution >= 0.6 is 8.58 Å². The van der Waals surface area contributed by atoms with E-state index < -0.39 is 0 Å². The molecule has 2 radical (unpaired) electrons. The van der Waals surface area contributed by atoms with Crippen LogP contribution in [-0.2, 0) is 112 Å². The Morgan fingerprint density at radius 2 is 0.604 bits per heavy atom. The van der Waals surface area contributed by atoms with E-state index in [2.05, 4.69) is 120 Å². The van der Waals surface area contributed by atoms with Crippen molar-refractivity contribution >= 4 is 78.4 Å². The third-order valence-corrected chi connectivity index (χ3v) is 6.35. The Bertz CT molecular complexity index is 657. The van der Waals surface area contributed by atoms with Crippen molar-refractivity contribution in [3.63, 3.8) is 0 Å². The molecular formula is C31H46Fe2KO11PS2. The molecule has 0 atom stereocenters. The van der Waals surface area contributed by atoms with Gasteiger partial charge in [0.25, 0.3) is 0 Å². The summed E-state index contributed by atoms with van der Waals surface area (Å²) >= 11 is 8.90. The van der Waals surface area contributed by atoms with Gasteiger partial charge in [0.05, 0.1) is 98.5 Å². The second-order valence-corrected chi connectivity index (χ2v) is 9.49.